The van der Waals surface area contributed by atoms with Crippen molar-refractivity contribution < 1.29 is 9.21 Å². The van der Waals surface area contributed by atoms with Gasteiger partial charge in [0.05, 0.1) is 21.9 Å². The van der Waals surface area contributed by atoms with Gasteiger partial charge in [-0.1, -0.05) is 18.2 Å². The zero-order valence-electron chi connectivity index (χ0n) is 14.0. The average Bonchev–Trinajstić information content (AvgIpc) is 3.30. The number of furan rings is 1. The highest BCUT2D eigenvalue weighted by Crippen LogP contribution is 2.39. The number of amides is 1. The maximum absolute atomic E-state index is 12.6. The third-order valence-corrected chi connectivity index (χ3v) is 6.64. The lowest BCUT2D eigenvalue weighted by atomic mass is 10.2. The first kappa shape index (κ1) is 16.3. The maximum atomic E-state index is 12.6. The summed E-state index contributed by atoms with van der Waals surface area (Å²) in [4.78, 5) is 15.4. The van der Waals surface area contributed by atoms with E-state index in [0.717, 1.165) is 10.6 Å². The molecule has 0 radical (unpaired) electrons. The molecule has 4 nitrogen and oxygen atoms in total. The smallest absolute Gasteiger partial charge is 0.261 e. The van der Waals surface area contributed by atoms with Crippen LogP contribution in [-0.4, -0.2) is 31.4 Å². The highest BCUT2D eigenvalue weighted by Gasteiger charge is 2.19. The molecule has 0 aliphatic heterocycles. The van der Waals surface area contributed by atoms with Crippen LogP contribution in [0.15, 0.2) is 53.1 Å². The number of carbonyl (C=O) groups is 1. The monoisotopic (exact) mass is 370 g/mol. The molecule has 6 heteroatoms. The Kier molecular flexibility index (Phi) is 4.33. The van der Waals surface area contributed by atoms with E-state index in [9.17, 15) is 4.79 Å². The summed E-state index contributed by atoms with van der Waals surface area (Å²) < 4.78 is 9.12. The normalized spacial score (nSPS) is 12.9. The van der Waals surface area contributed by atoms with Crippen molar-refractivity contribution in [3.63, 3.8) is 0 Å². The lowest BCUT2D eigenvalue weighted by Gasteiger charge is -2.22. The average molecular weight is 370 g/mol. The van der Waals surface area contributed by atoms with Crippen LogP contribution in [0, 0.1) is 0 Å². The number of likely N-dealkylation sites (N-methyl/N-ethyl adjacent to an activating group) is 1. The van der Waals surface area contributed by atoms with E-state index in [0.29, 0.717) is 6.54 Å². The van der Waals surface area contributed by atoms with Crippen molar-refractivity contribution in [2.75, 3.05) is 20.6 Å². The zero-order chi connectivity index (χ0) is 17.4. The Labute approximate surface area is 153 Å². The largest absolute Gasteiger partial charge is 0.468 e. The number of hydrogen-bond acceptors (Lipinski definition) is 5. The van der Waals surface area contributed by atoms with Crippen LogP contribution < -0.4 is 5.32 Å². The number of nitrogens with one attached hydrogen (secondary N) is 1. The van der Waals surface area contributed by atoms with Gasteiger partial charge in [0.15, 0.2) is 0 Å². The van der Waals surface area contributed by atoms with Crippen molar-refractivity contribution in [1.29, 1.82) is 0 Å². The van der Waals surface area contributed by atoms with Gasteiger partial charge >= 0.3 is 0 Å². The summed E-state index contributed by atoms with van der Waals surface area (Å²) >= 11 is 3.29. The quantitative estimate of drug-likeness (QED) is 0.552. The van der Waals surface area contributed by atoms with E-state index >= 15 is 0 Å². The third-order valence-electron chi connectivity index (χ3n) is 4.22. The molecule has 128 valence electrons. The number of thiophene rings is 2. The molecule has 1 aromatic carbocycles. The van der Waals surface area contributed by atoms with E-state index in [4.69, 9.17) is 4.42 Å². The summed E-state index contributed by atoms with van der Waals surface area (Å²) in [7, 11) is 3.96. The van der Waals surface area contributed by atoms with E-state index in [1.54, 1.807) is 28.9 Å². The molecule has 1 unspecified atom stereocenters. The van der Waals surface area contributed by atoms with Gasteiger partial charge in [0.2, 0.25) is 0 Å². The highest BCUT2D eigenvalue weighted by atomic mass is 32.1. The van der Waals surface area contributed by atoms with Gasteiger partial charge in [-0.05, 0) is 38.4 Å². The molecule has 4 aromatic rings. The number of nitrogens with zero attached hydrogens (tertiary/aromatic N) is 1. The molecule has 0 fully saturated rings. The van der Waals surface area contributed by atoms with Crippen LogP contribution in [0.4, 0.5) is 0 Å². The van der Waals surface area contributed by atoms with E-state index in [2.05, 4.69) is 17.4 Å². The molecule has 0 saturated carbocycles. The van der Waals surface area contributed by atoms with Crippen LogP contribution in [-0.2, 0) is 0 Å². The minimum atomic E-state index is -0.0316. The van der Waals surface area contributed by atoms with Gasteiger partial charge in [-0.25, -0.2) is 0 Å². The molecule has 1 amide bonds. The van der Waals surface area contributed by atoms with Gasteiger partial charge in [0, 0.05) is 21.3 Å². The Balaban J connectivity index is 1.53. The number of benzene rings is 1. The van der Waals surface area contributed by atoms with Crippen LogP contribution in [0.3, 0.4) is 0 Å². The lowest BCUT2D eigenvalue weighted by molar-refractivity contribution is 0.0943. The molecule has 0 bridgehead atoms. The summed E-state index contributed by atoms with van der Waals surface area (Å²) in [5.74, 6) is 0.819. The fourth-order valence-electron chi connectivity index (χ4n) is 2.91. The molecule has 4 rings (SSSR count). The molecule has 3 aromatic heterocycles. The molecule has 0 saturated heterocycles. The molecule has 0 aliphatic rings. The predicted molar refractivity (Wildman–Crippen MR) is 105 cm³/mol. The maximum Gasteiger partial charge on any atom is 0.261 e. The number of rotatable bonds is 5. The number of hydrogen-bond donors (Lipinski definition) is 1. The second-order valence-electron chi connectivity index (χ2n) is 6.11. The summed E-state index contributed by atoms with van der Waals surface area (Å²) in [5.41, 5.74) is 0. The van der Waals surface area contributed by atoms with Crippen LogP contribution >= 0.6 is 22.7 Å². The van der Waals surface area contributed by atoms with Crippen LogP contribution in [0.1, 0.15) is 21.5 Å². The summed E-state index contributed by atoms with van der Waals surface area (Å²) in [6, 6.07) is 14.1. The van der Waals surface area contributed by atoms with E-state index in [1.807, 2.05) is 49.3 Å². The molecule has 1 N–H and O–H groups in total. The summed E-state index contributed by atoms with van der Waals surface area (Å²) in [5, 5.41) is 4.27. The second kappa shape index (κ2) is 6.63. The van der Waals surface area contributed by atoms with Crippen LogP contribution in [0.5, 0.6) is 0 Å². The first-order valence-electron chi connectivity index (χ1n) is 8.02. The summed E-state index contributed by atoms with van der Waals surface area (Å²) in [6.45, 7) is 0.506. The first-order chi connectivity index (χ1) is 12.1. The van der Waals surface area contributed by atoms with Gasteiger partial charge < -0.3 is 9.73 Å². The third kappa shape index (κ3) is 3.08. The fraction of sp³-hybridized carbons (Fsp3) is 0.211. The zero-order valence-corrected chi connectivity index (χ0v) is 15.6. The van der Waals surface area contributed by atoms with Crippen molar-refractivity contribution in [1.82, 2.24) is 10.2 Å². The standard InChI is InChI=1S/C19H18N2O2S2/c1-21(2)13(14-7-5-9-23-14)11-20-19(22)17-10-16-18(25-17)12-6-3-4-8-15(12)24-16/h3-10,13H,11H2,1-2H3,(H,20,22). The van der Waals surface area contributed by atoms with Gasteiger partial charge in [-0.15, -0.1) is 22.7 Å². The lowest BCUT2D eigenvalue weighted by Crippen LogP contribution is -2.34. The molecule has 0 aliphatic carbocycles. The second-order valence-corrected chi connectivity index (χ2v) is 8.24. The van der Waals surface area contributed by atoms with Gasteiger partial charge in [-0.3, -0.25) is 9.69 Å². The van der Waals surface area contributed by atoms with Crippen LogP contribution in [0.2, 0.25) is 0 Å². The molecular formula is C19H18N2O2S2. The SMILES string of the molecule is CN(C)C(CNC(=O)c1cc2sc3ccccc3c2s1)c1ccco1. The highest BCUT2D eigenvalue weighted by molar-refractivity contribution is 7.33. The molecule has 25 heavy (non-hydrogen) atoms. The minimum absolute atomic E-state index is 0.0147. The van der Waals surface area contributed by atoms with E-state index in [-0.39, 0.29) is 11.9 Å². The first-order valence-corrected chi connectivity index (χ1v) is 9.66. The number of carbonyl (C=O) groups excluding carboxylic acids is 1. The topological polar surface area (TPSA) is 45.5 Å². The van der Waals surface area contributed by atoms with Crippen molar-refractivity contribution in [3.05, 3.63) is 59.4 Å². The molecular weight excluding hydrogens is 352 g/mol. The molecule has 1 atom stereocenters. The van der Waals surface area contributed by atoms with Gasteiger partial charge in [0.25, 0.3) is 5.91 Å². The Bertz CT molecular complexity index is 1010. The number of fused-ring (bicyclic) bond motifs is 3. The van der Waals surface area contributed by atoms with E-state index in [1.165, 1.54) is 19.5 Å². The van der Waals surface area contributed by atoms with Crippen molar-refractivity contribution in [2.45, 2.75) is 6.04 Å². The van der Waals surface area contributed by atoms with Crippen molar-refractivity contribution in [3.8, 4) is 0 Å². The van der Waals surface area contributed by atoms with Crippen molar-refractivity contribution >= 4 is 48.1 Å². The van der Waals surface area contributed by atoms with Gasteiger partial charge in [0.1, 0.15) is 5.76 Å². The Morgan fingerprint density at radius 1 is 1.16 bits per heavy atom. The fourth-order valence-corrected chi connectivity index (χ4v) is 5.35. The predicted octanol–water partition coefficient (Wildman–Crippen LogP) is 4.74. The van der Waals surface area contributed by atoms with E-state index < -0.39 is 0 Å². The Hall–Kier alpha value is -2.15. The van der Waals surface area contributed by atoms with Crippen molar-refractivity contribution in [2.24, 2.45) is 0 Å². The molecule has 3 heterocycles. The van der Waals surface area contributed by atoms with Gasteiger partial charge in [-0.2, -0.15) is 0 Å². The Morgan fingerprint density at radius 3 is 2.76 bits per heavy atom. The van der Waals surface area contributed by atoms with Crippen LogP contribution in [0.25, 0.3) is 19.5 Å². The Morgan fingerprint density at radius 2 is 2.00 bits per heavy atom. The summed E-state index contributed by atoms with van der Waals surface area (Å²) in [6.07, 6.45) is 1.66. The minimum Gasteiger partial charge on any atom is -0.468 e. The molecule has 0 spiro atoms.